The summed E-state index contributed by atoms with van der Waals surface area (Å²) in [6, 6.07) is 25.3. The van der Waals surface area contributed by atoms with E-state index in [-0.39, 0.29) is 10.8 Å². The summed E-state index contributed by atoms with van der Waals surface area (Å²) < 4.78 is 0. The van der Waals surface area contributed by atoms with Gasteiger partial charge in [-0.1, -0.05) is 125 Å². The Labute approximate surface area is 219 Å². The van der Waals surface area contributed by atoms with Gasteiger partial charge in [0.1, 0.15) is 7.85 Å². The third kappa shape index (κ3) is 4.78. The lowest BCUT2D eigenvalue weighted by molar-refractivity contribution is 0.637. The van der Waals surface area contributed by atoms with Gasteiger partial charge in [0.2, 0.25) is 0 Å². The number of nitrogens with zero attached hydrogens (tertiary/aromatic N) is 1. The highest BCUT2D eigenvalue weighted by molar-refractivity contribution is 6.32. The second-order valence-corrected chi connectivity index (χ2v) is 10.8. The Hall–Kier alpha value is -3.52. The number of rotatable bonds is 6. The zero-order valence-corrected chi connectivity index (χ0v) is 22.5. The highest BCUT2D eigenvalue weighted by atomic mass is 15.2. The third-order valence-electron chi connectivity index (χ3n) is 7.69. The van der Waals surface area contributed by atoms with Crippen LogP contribution in [0.15, 0.2) is 115 Å². The van der Waals surface area contributed by atoms with E-state index >= 15 is 0 Å². The van der Waals surface area contributed by atoms with E-state index in [9.17, 15) is 0 Å². The van der Waals surface area contributed by atoms with Crippen molar-refractivity contribution in [1.82, 2.24) is 0 Å². The van der Waals surface area contributed by atoms with E-state index in [1.807, 2.05) is 12.1 Å². The van der Waals surface area contributed by atoms with Crippen LogP contribution < -0.4 is 10.4 Å². The molecule has 3 aromatic rings. The Morgan fingerprint density at radius 2 is 1.56 bits per heavy atom. The van der Waals surface area contributed by atoms with E-state index in [4.69, 9.17) is 7.85 Å². The number of anilines is 1. The molecule has 1 aliphatic heterocycles. The van der Waals surface area contributed by atoms with E-state index in [0.29, 0.717) is 0 Å². The smallest absolute Gasteiger partial charge is 0.113 e. The van der Waals surface area contributed by atoms with E-state index < -0.39 is 0 Å². The van der Waals surface area contributed by atoms with Crippen LogP contribution in [0, 0.1) is 6.92 Å². The number of hydrogen-bond donors (Lipinski definition) is 0. The van der Waals surface area contributed by atoms with Crippen LogP contribution in [0.1, 0.15) is 49.9 Å². The summed E-state index contributed by atoms with van der Waals surface area (Å²) in [5, 5.41) is 0. The Kier molecular flexibility index (Phi) is 7.00. The van der Waals surface area contributed by atoms with E-state index in [2.05, 4.69) is 138 Å². The third-order valence-corrected chi connectivity index (χ3v) is 7.69. The Morgan fingerprint density at radius 3 is 2.22 bits per heavy atom. The van der Waals surface area contributed by atoms with Crippen molar-refractivity contribution in [2.75, 3.05) is 11.9 Å². The van der Waals surface area contributed by atoms with Crippen molar-refractivity contribution in [3.8, 4) is 0 Å². The molecule has 0 saturated carbocycles. The molecular formula is C34H36BN. The second kappa shape index (κ2) is 9.86. The van der Waals surface area contributed by atoms with Crippen LogP contribution in [0.3, 0.4) is 0 Å². The molecule has 0 aliphatic carbocycles. The molecule has 0 spiro atoms. The monoisotopic (exact) mass is 469 g/mol. The number of likely N-dealkylation sites (N-methyl/N-ethyl adjacent to an activating group) is 1. The number of fused-ring (bicyclic) bond motifs is 1. The van der Waals surface area contributed by atoms with Gasteiger partial charge in [-0.05, 0) is 52.5 Å². The molecule has 180 valence electrons. The fourth-order valence-corrected chi connectivity index (χ4v) is 5.24. The van der Waals surface area contributed by atoms with Gasteiger partial charge < -0.3 is 4.90 Å². The van der Waals surface area contributed by atoms with Crippen LogP contribution in [-0.4, -0.2) is 14.9 Å². The van der Waals surface area contributed by atoms with Crippen molar-refractivity contribution in [1.29, 1.82) is 0 Å². The first kappa shape index (κ1) is 25.6. The summed E-state index contributed by atoms with van der Waals surface area (Å²) in [6.07, 6.45) is 8.81. The average Bonchev–Trinajstić information content (AvgIpc) is 3.05. The van der Waals surface area contributed by atoms with Crippen LogP contribution in [0.4, 0.5) is 5.69 Å². The van der Waals surface area contributed by atoms with Gasteiger partial charge in [-0.2, -0.15) is 0 Å². The minimum atomic E-state index is -0.179. The maximum Gasteiger partial charge on any atom is 0.113 e. The average molecular weight is 469 g/mol. The molecule has 0 amide bonds. The summed E-state index contributed by atoms with van der Waals surface area (Å²) in [5.41, 5.74) is 10.3. The van der Waals surface area contributed by atoms with Crippen LogP contribution in [-0.2, 0) is 10.8 Å². The Bertz CT molecular complexity index is 1370. The quantitative estimate of drug-likeness (QED) is 0.266. The minimum absolute atomic E-state index is 0.0752. The van der Waals surface area contributed by atoms with Gasteiger partial charge >= 0.3 is 0 Å². The minimum Gasteiger partial charge on any atom is -0.347 e. The molecule has 36 heavy (non-hydrogen) atoms. The number of allylic oxidation sites excluding steroid dienone is 7. The van der Waals surface area contributed by atoms with Gasteiger partial charge in [-0.25, -0.2) is 0 Å². The van der Waals surface area contributed by atoms with Crippen molar-refractivity contribution >= 4 is 24.6 Å². The van der Waals surface area contributed by atoms with Gasteiger partial charge in [-0.15, -0.1) is 0 Å². The lowest BCUT2D eigenvalue weighted by Crippen LogP contribution is -2.22. The lowest BCUT2D eigenvalue weighted by Gasteiger charge is -2.28. The maximum atomic E-state index is 5.99. The van der Waals surface area contributed by atoms with Crippen LogP contribution in [0.2, 0.25) is 0 Å². The van der Waals surface area contributed by atoms with E-state index in [0.717, 1.165) is 22.2 Å². The largest absolute Gasteiger partial charge is 0.347 e. The van der Waals surface area contributed by atoms with Crippen molar-refractivity contribution in [2.45, 2.75) is 45.4 Å². The van der Waals surface area contributed by atoms with Gasteiger partial charge in [0.25, 0.3) is 0 Å². The molecule has 1 heterocycles. The number of hydrogen-bond acceptors (Lipinski definition) is 1. The summed E-state index contributed by atoms with van der Waals surface area (Å²) >= 11 is 0. The zero-order chi connectivity index (χ0) is 26.1. The predicted molar refractivity (Wildman–Crippen MR) is 158 cm³/mol. The number of para-hydroxylation sites is 1. The molecular weight excluding hydrogens is 433 g/mol. The zero-order valence-electron chi connectivity index (χ0n) is 22.5. The van der Waals surface area contributed by atoms with Crippen molar-refractivity contribution in [3.63, 3.8) is 0 Å². The highest BCUT2D eigenvalue weighted by Crippen LogP contribution is 2.46. The fraction of sp³-hybridized carbons (Fsp3) is 0.235. The van der Waals surface area contributed by atoms with Crippen LogP contribution >= 0.6 is 0 Å². The SMILES string of the molecule is [B]c1ccc(C(=C\C=C2/N(C)c3ccccc3C2(C)C)/C=C/C(=C)C(C)(C)c2ccccc2C)cc1. The number of aryl methyl sites for hydroxylation is 1. The summed E-state index contributed by atoms with van der Waals surface area (Å²) in [4.78, 5) is 2.30. The van der Waals surface area contributed by atoms with Gasteiger partial charge in [0.05, 0.1) is 0 Å². The van der Waals surface area contributed by atoms with Gasteiger partial charge in [-0.3, -0.25) is 0 Å². The molecule has 0 N–H and O–H groups in total. The van der Waals surface area contributed by atoms with Crippen LogP contribution in [0.25, 0.3) is 5.57 Å². The lowest BCUT2D eigenvalue weighted by atomic mass is 9.76. The van der Waals surface area contributed by atoms with Crippen molar-refractivity contribution in [2.24, 2.45) is 0 Å². The van der Waals surface area contributed by atoms with Crippen LogP contribution in [0.5, 0.6) is 0 Å². The summed E-state index contributed by atoms with van der Waals surface area (Å²) in [5.74, 6) is 0. The Morgan fingerprint density at radius 1 is 0.917 bits per heavy atom. The molecule has 0 unspecified atom stereocenters. The van der Waals surface area contributed by atoms with E-state index in [1.54, 1.807) is 0 Å². The molecule has 0 atom stereocenters. The predicted octanol–water partition coefficient (Wildman–Crippen LogP) is 7.57. The molecule has 2 heteroatoms. The normalized spacial score (nSPS) is 16.6. The van der Waals surface area contributed by atoms with Gasteiger partial charge in [0.15, 0.2) is 0 Å². The maximum absolute atomic E-state index is 5.99. The first-order valence-electron chi connectivity index (χ1n) is 12.6. The molecule has 0 aromatic heterocycles. The highest BCUT2D eigenvalue weighted by Gasteiger charge is 2.37. The first-order chi connectivity index (χ1) is 17.0. The van der Waals surface area contributed by atoms with Crippen molar-refractivity contribution in [3.05, 3.63) is 137 Å². The standard InChI is InChI=1S/C34H36BN/c1-24-12-8-9-13-29(24)33(3,4)25(2)16-17-26(27-18-21-28(35)22-19-27)20-23-32-34(5,6)30-14-10-11-15-31(30)36(32)7/h8-23H,2H2,1,3-7H3/b17-16+,26-20-,32-23-. The molecule has 1 nitrogen and oxygen atoms in total. The molecule has 4 rings (SSSR count). The summed E-state index contributed by atoms with van der Waals surface area (Å²) in [7, 11) is 8.14. The molecule has 3 aromatic carbocycles. The van der Waals surface area contributed by atoms with Crippen molar-refractivity contribution < 1.29 is 0 Å². The molecule has 0 fully saturated rings. The molecule has 1 aliphatic rings. The molecule has 2 radical (unpaired) electrons. The fourth-order valence-electron chi connectivity index (χ4n) is 5.24. The molecule has 0 saturated heterocycles. The second-order valence-electron chi connectivity index (χ2n) is 10.8. The first-order valence-corrected chi connectivity index (χ1v) is 12.6. The van der Waals surface area contributed by atoms with E-state index in [1.165, 1.54) is 28.1 Å². The molecule has 0 bridgehead atoms. The number of benzene rings is 3. The Balaban J connectivity index is 1.73. The summed E-state index contributed by atoms with van der Waals surface area (Å²) in [6.45, 7) is 15.7. The topological polar surface area (TPSA) is 3.24 Å². The van der Waals surface area contributed by atoms with Gasteiger partial charge in [0, 0.05) is 29.3 Å².